The van der Waals surface area contributed by atoms with Crippen LogP contribution in [-0.2, 0) is 4.43 Å². The van der Waals surface area contributed by atoms with Crippen LogP contribution in [0.4, 0.5) is 0 Å². The van der Waals surface area contributed by atoms with Crippen LogP contribution >= 0.6 is 15.9 Å². The second kappa shape index (κ2) is 4.65. The Labute approximate surface area is 114 Å². The highest BCUT2D eigenvalue weighted by molar-refractivity contribution is 9.11. The zero-order chi connectivity index (χ0) is 13.5. The number of rotatable bonds is 3. The van der Waals surface area contributed by atoms with Crippen LogP contribution in [0.5, 0.6) is 0 Å². The van der Waals surface area contributed by atoms with Gasteiger partial charge in [0.1, 0.15) is 5.60 Å². The van der Waals surface area contributed by atoms with Crippen LogP contribution < -0.4 is 0 Å². The Balaban J connectivity index is 2.79. The summed E-state index contributed by atoms with van der Waals surface area (Å²) in [5.41, 5.74) is -0.951. The SMILES string of the molecule is C=C[C@]1(O)C[C@@H](O[Si](C)(C)C(C)(C)C)C=C1Br. The lowest BCUT2D eigenvalue weighted by Crippen LogP contribution is -2.43. The van der Waals surface area contributed by atoms with Gasteiger partial charge in [-0.15, -0.1) is 0 Å². The van der Waals surface area contributed by atoms with E-state index in [1.165, 1.54) is 0 Å². The molecule has 1 rings (SSSR count). The molecule has 17 heavy (non-hydrogen) atoms. The Bertz CT molecular complexity index is 344. The molecular formula is C13H23BrO2Si. The van der Waals surface area contributed by atoms with Crippen molar-refractivity contribution in [2.24, 2.45) is 0 Å². The van der Waals surface area contributed by atoms with Crippen LogP contribution in [0.25, 0.3) is 0 Å². The maximum absolute atomic E-state index is 10.2. The summed E-state index contributed by atoms with van der Waals surface area (Å²) in [6, 6.07) is 0. The predicted octanol–water partition coefficient (Wildman–Crippen LogP) is 3.98. The summed E-state index contributed by atoms with van der Waals surface area (Å²) in [4.78, 5) is 0. The summed E-state index contributed by atoms with van der Waals surface area (Å²) in [5.74, 6) is 0. The topological polar surface area (TPSA) is 29.5 Å². The maximum atomic E-state index is 10.2. The first-order chi connectivity index (χ1) is 7.52. The first-order valence-electron chi connectivity index (χ1n) is 5.93. The van der Waals surface area contributed by atoms with Gasteiger partial charge in [-0.3, -0.25) is 0 Å². The van der Waals surface area contributed by atoms with Crippen molar-refractivity contribution in [3.8, 4) is 0 Å². The Morgan fingerprint density at radius 1 is 1.59 bits per heavy atom. The van der Waals surface area contributed by atoms with E-state index in [4.69, 9.17) is 4.43 Å². The number of hydrogen-bond acceptors (Lipinski definition) is 2. The fourth-order valence-corrected chi connectivity index (χ4v) is 3.46. The van der Waals surface area contributed by atoms with Crippen molar-refractivity contribution in [3.05, 3.63) is 23.2 Å². The van der Waals surface area contributed by atoms with Crippen LogP contribution in [-0.4, -0.2) is 25.1 Å². The lowest BCUT2D eigenvalue weighted by molar-refractivity contribution is 0.0996. The minimum atomic E-state index is -1.79. The molecule has 2 atom stereocenters. The smallest absolute Gasteiger partial charge is 0.192 e. The van der Waals surface area contributed by atoms with Crippen molar-refractivity contribution < 1.29 is 9.53 Å². The molecule has 0 unspecified atom stereocenters. The van der Waals surface area contributed by atoms with Crippen molar-refractivity contribution in [2.45, 2.75) is 57.0 Å². The van der Waals surface area contributed by atoms with Gasteiger partial charge in [-0.05, 0) is 24.2 Å². The average molecular weight is 319 g/mol. The Morgan fingerprint density at radius 2 is 2.12 bits per heavy atom. The minimum Gasteiger partial charge on any atom is -0.410 e. The lowest BCUT2D eigenvalue weighted by atomic mass is 10.0. The van der Waals surface area contributed by atoms with E-state index in [1.54, 1.807) is 6.08 Å². The van der Waals surface area contributed by atoms with Gasteiger partial charge in [-0.2, -0.15) is 0 Å². The normalized spacial score (nSPS) is 30.3. The monoisotopic (exact) mass is 318 g/mol. The summed E-state index contributed by atoms with van der Waals surface area (Å²) in [6.07, 6.45) is 4.07. The molecule has 98 valence electrons. The first kappa shape index (κ1) is 15.2. The molecule has 1 aliphatic rings. The second-order valence-corrected chi connectivity index (χ2v) is 11.9. The molecular weight excluding hydrogens is 296 g/mol. The highest BCUT2D eigenvalue weighted by Crippen LogP contribution is 2.42. The maximum Gasteiger partial charge on any atom is 0.192 e. The van der Waals surface area contributed by atoms with Crippen LogP contribution in [0, 0.1) is 0 Å². The van der Waals surface area contributed by atoms with Gasteiger partial charge in [0.05, 0.1) is 6.10 Å². The van der Waals surface area contributed by atoms with E-state index in [0.29, 0.717) is 6.42 Å². The molecule has 1 N–H and O–H groups in total. The van der Waals surface area contributed by atoms with Crippen molar-refractivity contribution in [1.82, 2.24) is 0 Å². The number of aliphatic hydroxyl groups is 1. The third kappa shape index (κ3) is 3.11. The van der Waals surface area contributed by atoms with Crippen LogP contribution in [0.2, 0.25) is 18.1 Å². The molecule has 0 amide bonds. The molecule has 1 aliphatic carbocycles. The van der Waals surface area contributed by atoms with Gasteiger partial charge in [0.2, 0.25) is 0 Å². The zero-order valence-electron chi connectivity index (χ0n) is 11.4. The third-order valence-corrected chi connectivity index (χ3v) is 9.30. The van der Waals surface area contributed by atoms with Crippen LogP contribution in [0.3, 0.4) is 0 Å². The van der Waals surface area contributed by atoms with E-state index in [0.717, 1.165) is 4.48 Å². The zero-order valence-corrected chi connectivity index (χ0v) is 14.0. The van der Waals surface area contributed by atoms with Gasteiger partial charge in [0, 0.05) is 10.9 Å². The standard InChI is InChI=1S/C13H23BrO2Si/c1-7-13(15)9-10(8-11(13)14)16-17(5,6)12(2,3)4/h7-8,10,15H,1,9H2,2-6H3/t10-,13-/m0/s1. The highest BCUT2D eigenvalue weighted by Gasteiger charge is 2.43. The summed E-state index contributed by atoms with van der Waals surface area (Å²) in [7, 11) is -1.79. The van der Waals surface area contributed by atoms with Crippen LogP contribution in [0.15, 0.2) is 23.2 Å². The Hall–Kier alpha value is 0.0969. The quantitative estimate of drug-likeness (QED) is 0.630. The highest BCUT2D eigenvalue weighted by atomic mass is 79.9. The minimum absolute atomic E-state index is 0.0201. The molecule has 0 aromatic rings. The molecule has 0 aromatic carbocycles. The molecule has 0 spiro atoms. The van der Waals surface area contributed by atoms with E-state index in [1.807, 2.05) is 6.08 Å². The van der Waals surface area contributed by atoms with E-state index < -0.39 is 13.9 Å². The molecule has 0 bridgehead atoms. The largest absolute Gasteiger partial charge is 0.410 e. The van der Waals surface area contributed by atoms with E-state index in [2.05, 4.69) is 56.4 Å². The van der Waals surface area contributed by atoms with Crippen molar-refractivity contribution in [2.75, 3.05) is 0 Å². The van der Waals surface area contributed by atoms with E-state index >= 15 is 0 Å². The van der Waals surface area contributed by atoms with Crippen LogP contribution in [0.1, 0.15) is 27.2 Å². The summed E-state index contributed by atoms with van der Waals surface area (Å²) >= 11 is 3.39. The predicted molar refractivity (Wildman–Crippen MR) is 78.8 cm³/mol. The number of halogens is 1. The van der Waals surface area contributed by atoms with Gasteiger partial charge in [0.25, 0.3) is 0 Å². The van der Waals surface area contributed by atoms with Crippen molar-refractivity contribution >= 4 is 24.2 Å². The van der Waals surface area contributed by atoms with Crippen molar-refractivity contribution in [3.63, 3.8) is 0 Å². The number of hydrogen-bond donors (Lipinski definition) is 1. The first-order valence-corrected chi connectivity index (χ1v) is 9.63. The molecule has 4 heteroatoms. The molecule has 0 radical (unpaired) electrons. The molecule has 0 aromatic heterocycles. The second-order valence-electron chi connectivity index (χ2n) is 6.26. The molecule has 2 nitrogen and oxygen atoms in total. The summed E-state index contributed by atoms with van der Waals surface area (Å²) in [5, 5.41) is 10.4. The van der Waals surface area contributed by atoms with Gasteiger partial charge in [-0.25, -0.2) is 0 Å². The summed E-state index contributed by atoms with van der Waals surface area (Å²) < 4.78 is 7.02. The van der Waals surface area contributed by atoms with Gasteiger partial charge >= 0.3 is 0 Å². The van der Waals surface area contributed by atoms with Gasteiger partial charge in [0.15, 0.2) is 8.32 Å². The molecule has 0 heterocycles. The Kier molecular flexibility index (Phi) is 4.14. The lowest BCUT2D eigenvalue weighted by Gasteiger charge is -2.38. The fourth-order valence-electron chi connectivity index (χ4n) is 1.58. The average Bonchev–Trinajstić information content (AvgIpc) is 2.40. The summed E-state index contributed by atoms with van der Waals surface area (Å²) in [6.45, 7) is 14.8. The molecule has 0 saturated carbocycles. The van der Waals surface area contributed by atoms with Crippen molar-refractivity contribution in [1.29, 1.82) is 0 Å². The van der Waals surface area contributed by atoms with Gasteiger partial charge in [-0.1, -0.05) is 49.4 Å². The van der Waals surface area contributed by atoms with E-state index in [-0.39, 0.29) is 11.1 Å². The molecule has 0 aliphatic heterocycles. The molecule has 0 saturated heterocycles. The fraction of sp³-hybridized carbons (Fsp3) is 0.692. The van der Waals surface area contributed by atoms with E-state index in [9.17, 15) is 5.11 Å². The van der Waals surface area contributed by atoms with Gasteiger partial charge < -0.3 is 9.53 Å². The molecule has 0 fully saturated rings. The third-order valence-electron chi connectivity index (χ3n) is 3.85. The Morgan fingerprint density at radius 3 is 2.47 bits per heavy atom.